The molecule has 8 heteroatoms. The third-order valence-corrected chi connectivity index (χ3v) is 4.48. The summed E-state index contributed by atoms with van der Waals surface area (Å²) in [6, 6.07) is 4.89. The van der Waals surface area contributed by atoms with Gasteiger partial charge in [-0.3, -0.25) is 0 Å². The van der Waals surface area contributed by atoms with Crippen LogP contribution in [0.4, 0.5) is 4.39 Å². The van der Waals surface area contributed by atoms with Gasteiger partial charge in [-0.2, -0.15) is 11.8 Å². The second-order valence-corrected chi connectivity index (χ2v) is 6.20. The number of thioether (sulfide) groups is 2. The first-order chi connectivity index (χ1) is 10.2. The van der Waals surface area contributed by atoms with Crippen LogP contribution >= 0.6 is 23.5 Å². The molecule has 0 spiro atoms. The predicted octanol–water partition coefficient (Wildman–Crippen LogP) is 2.34. The van der Waals surface area contributed by atoms with Gasteiger partial charge in [-0.1, -0.05) is 17.8 Å². The highest BCUT2D eigenvalue weighted by atomic mass is 32.2. The summed E-state index contributed by atoms with van der Waals surface area (Å²) >= 11 is 3.16. The monoisotopic (exact) mass is 328 g/mol. The van der Waals surface area contributed by atoms with Crippen molar-refractivity contribution < 1.29 is 9.13 Å². The molecule has 1 heterocycles. The number of hydrogen-bond acceptors (Lipinski definition) is 6. The lowest BCUT2D eigenvalue weighted by Crippen LogP contribution is -2.14. The quantitative estimate of drug-likeness (QED) is 0.622. The Morgan fingerprint density at radius 3 is 2.86 bits per heavy atom. The first-order valence-corrected chi connectivity index (χ1v) is 8.67. The van der Waals surface area contributed by atoms with Gasteiger partial charge in [0, 0.05) is 17.9 Å². The summed E-state index contributed by atoms with van der Waals surface area (Å²) in [5.74, 6) is 8.10. The number of nitrogens with zero attached hydrogens (tertiary/aromatic N) is 3. The van der Waals surface area contributed by atoms with Gasteiger partial charge < -0.3 is 10.6 Å². The minimum Gasteiger partial charge on any atom is -0.494 e. The van der Waals surface area contributed by atoms with Gasteiger partial charge in [0.1, 0.15) is 0 Å². The van der Waals surface area contributed by atoms with Gasteiger partial charge in [-0.15, -0.1) is 10.2 Å². The second kappa shape index (κ2) is 7.56. The molecule has 1 aromatic carbocycles. The molecule has 0 saturated carbocycles. The molecule has 0 fully saturated rings. The summed E-state index contributed by atoms with van der Waals surface area (Å²) < 4.78 is 20.0. The van der Waals surface area contributed by atoms with Crippen LogP contribution in [0.3, 0.4) is 0 Å². The zero-order chi connectivity index (χ0) is 15.2. The Hall–Kier alpha value is -1.41. The Kier molecular flexibility index (Phi) is 5.75. The van der Waals surface area contributed by atoms with Crippen molar-refractivity contribution in [2.75, 3.05) is 25.0 Å². The average Bonchev–Trinajstić information content (AvgIpc) is 2.83. The zero-order valence-corrected chi connectivity index (χ0v) is 13.5. The van der Waals surface area contributed by atoms with Crippen LogP contribution in [0.1, 0.15) is 11.4 Å². The maximum Gasteiger partial charge on any atom is 0.210 e. The lowest BCUT2D eigenvalue weighted by molar-refractivity contribution is 0.386. The molecular weight excluding hydrogens is 311 g/mol. The van der Waals surface area contributed by atoms with Crippen molar-refractivity contribution >= 4 is 23.5 Å². The summed E-state index contributed by atoms with van der Waals surface area (Å²) in [7, 11) is 1.44. The van der Waals surface area contributed by atoms with Crippen molar-refractivity contribution in [3.05, 3.63) is 35.4 Å². The van der Waals surface area contributed by atoms with Gasteiger partial charge in [0.15, 0.2) is 17.4 Å². The minimum atomic E-state index is -0.370. The molecule has 0 atom stereocenters. The third kappa shape index (κ3) is 4.04. The average molecular weight is 328 g/mol. The molecule has 1 aromatic heterocycles. The van der Waals surface area contributed by atoms with Crippen molar-refractivity contribution in [1.82, 2.24) is 14.9 Å². The highest BCUT2D eigenvalue weighted by molar-refractivity contribution is 7.98. The topological polar surface area (TPSA) is 66.0 Å². The van der Waals surface area contributed by atoms with E-state index in [1.807, 2.05) is 12.3 Å². The van der Waals surface area contributed by atoms with E-state index in [0.29, 0.717) is 10.9 Å². The van der Waals surface area contributed by atoms with Crippen molar-refractivity contribution in [2.45, 2.75) is 17.3 Å². The molecule has 0 amide bonds. The van der Waals surface area contributed by atoms with E-state index in [0.717, 1.165) is 23.6 Å². The largest absolute Gasteiger partial charge is 0.494 e. The van der Waals surface area contributed by atoms with Gasteiger partial charge >= 0.3 is 0 Å². The smallest absolute Gasteiger partial charge is 0.210 e. The maximum absolute atomic E-state index is 13.6. The van der Waals surface area contributed by atoms with Crippen LogP contribution in [0.5, 0.6) is 5.75 Å². The number of hydrogen-bond donors (Lipinski definition) is 1. The Balaban J connectivity index is 2.00. The Morgan fingerprint density at radius 1 is 1.38 bits per heavy atom. The molecule has 0 unspecified atom stereocenters. The van der Waals surface area contributed by atoms with Crippen LogP contribution in [-0.2, 0) is 12.2 Å². The number of ether oxygens (including phenoxy) is 1. The summed E-state index contributed by atoms with van der Waals surface area (Å²) in [4.78, 5) is 0. The van der Waals surface area contributed by atoms with Crippen LogP contribution in [0.25, 0.3) is 0 Å². The van der Waals surface area contributed by atoms with Gasteiger partial charge in [0.25, 0.3) is 0 Å². The van der Waals surface area contributed by atoms with E-state index in [1.54, 1.807) is 17.8 Å². The fourth-order valence-electron chi connectivity index (χ4n) is 1.72. The number of benzene rings is 1. The summed E-state index contributed by atoms with van der Waals surface area (Å²) in [5.41, 5.74) is 0.840. The zero-order valence-electron chi connectivity index (χ0n) is 11.9. The summed E-state index contributed by atoms with van der Waals surface area (Å²) in [5, 5.41) is 8.76. The van der Waals surface area contributed by atoms with E-state index >= 15 is 0 Å². The molecule has 0 aliphatic carbocycles. The standard InChI is InChI=1S/C13H17FN4OS2/c1-19-11-4-3-9(7-10(11)14)8-21-13-17-16-12(18(13)15)5-6-20-2/h3-4,7H,5-6,8,15H2,1-2H3. The van der Waals surface area contributed by atoms with Crippen molar-refractivity contribution in [3.63, 3.8) is 0 Å². The van der Waals surface area contributed by atoms with E-state index in [2.05, 4.69) is 10.2 Å². The Labute approximate surface area is 131 Å². The molecule has 0 aliphatic heterocycles. The molecule has 5 nitrogen and oxygen atoms in total. The molecule has 2 aromatic rings. The van der Waals surface area contributed by atoms with Crippen LogP contribution in [0.15, 0.2) is 23.4 Å². The minimum absolute atomic E-state index is 0.241. The van der Waals surface area contributed by atoms with Gasteiger partial charge in [-0.25, -0.2) is 9.07 Å². The predicted molar refractivity (Wildman–Crippen MR) is 84.8 cm³/mol. The molecule has 2 N–H and O–H groups in total. The summed E-state index contributed by atoms with van der Waals surface area (Å²) in [6.07, 6.45) is 2.81. The first kappa shape index (κ1) is 16.0. The number of nitrogen functional groups attached to an aromatic ring is 1. The van der Waals surface area contributed by atoms with Gasteiger partial charge in [0.2, 0.25) is 5.16 Å². The number of aromatic nitrogens is 3. The van der Waals surface area contributed by atoms with Crippen LogP contribution in [-0.4, -0.2) is 34.0 Å². The van der Waals surface area contributed by atoms with Crippen molar-refractivity contribution in [2.24, 2.45) is 0 Å². The lowest BCUT2D eigenvalue weighted by Gasteiger charge is -2.05. The number of rotatable bonds is 7. The van der Waals surface area contributed by atoms with E-state index in [-0.39, 0.29) is 11.6 Å². The van der Waals surface area contributed by atoms with Gasteiger partial charge in [-0.05, 0) is 24.0 Å². The van der Waals surface area contributed by atoms with Crippen molar-refractivity contribution in [3.8, 4) is 5.75 Å². The Bertz CT molecular complexity index is 606. The van der Waals surface area contributed by atoms with Crippen molar-refractivity contribution in [1.29, 1.82) is 0 Å². The normalized spacial score (nSPS) is 10.8. The first-order valence-electron chi connectivity index (χ1n) is 6.29. The SMILES string of the molecule is COc1ccc(CSc2nnc(CCSC)n2N)cc1F. The number of nitrogens with two attached hydrogens (primary N) is 1. The molecule has 0 bridgehead atoms. The maximum atomic E-state index is 13.6. The molecule has 0 aliphatic rings. The van der Waals surface area contributed by atoms with Gasteiger partial charge in [0.05, 0.1) is 7.11 Å². The third-order valence-electron chi connectivity index (χ3n) is 2.85. The fourth-order valence-corrected chi connectivity index (χ4v) is 2.92. The highest BCUT2D eigenvalue weighted by Crippen LogP contribution is 2.24. The van der Waals surface area contributed by atoms with E-state index in [1.165, 1.54) is 29.6 Å². The highest BCUT2D eigenvalue weighted by Gasteiger charge is 2.11. The molecule has 0 saturated heterocycles. The van der Waals surface area contributed by atoms with Crippen LogP contribution in [0.2, 0.25) is 0 Å². The Morgan fingerprint density at radius 2 is 2.19 bits per heavy atom. The number of halogens is 1. The molecule has 0 radical (unpaired) electrons. The lowest BCUT2D eigenvalue weighted by atomic mass is 10.2. The van der Waals surface area contributed by atoms with E-state index < -0.39 is 0 Å². The number of aryl methyl sites for hydroxylation is 1. The molecule has 2 rings (SSSR count). The second-order valence-electron chi connectivity index (χ2n) is 4.27. The number of methoxy groups -OCH3 is 1. The fraction of sp³-hybridized carbons (Fsp3) is 0.385. The molecule has 114 valence electrons. The molecule has 21 heavy (non-hydrogen) atoms. The molecular formula is C13H17FN4OS2. The van der Waals surface area contributed by atoms with E-state index in [4.69, 9.17) is 10.6 Å². The van der Waals surface area contributed by atoms with E-state index in [9.17, 15) is 4.39 Å². The van der Waals surface area contributed by atoms with Crippen LogP contribution < -0.4 is 10.6 Å². The van der Waals surface area contributed by atoms with Crippen LogP contribution in [0, 0.1) is 5.82 Å². The summed E-state index contributed by atoms with van der Waals surface area (Å²) in [6.45, 7) is 0.